The van der Waals surface area contributed by atoms with Gasteiger partial charge in [-0.3, -0.25) is 0 Å². The number of hydrogen-bond donors (Lipinski definition) is 1. The highest BCUT2D eigenvalue weighted by Crippen LogP contribution is 2.60. The van der Waals surface area contributed by atoms with Gasteiger partial charge in [-0.05, 0) is 29.5 Å². The standard InChI is InChI=1S/C12H17NO2S/c1-11(2)8-12(11,13)9-5-4-6-10(7-9)16(3,14)15/h4-7H,8,13H2,1-3H3. The summed E-state index contributed by atoms with van der Waals surface area (Å²) < 4.78 is 22.9. The molecule has 0 bridgehead atoms. The first-order valence-electron chi connectivity index (χ1n) is 5.26. The lowest BCUT2D eigenvalue weighted by Gasteiger charge is -2.16. The van der Waals surface area contributed by atoms with E-state index in [1.54, 1.807) is 18.2 Å². The Balaban J connectivity index is 2.47. The largest absolute Gasteiger partial charge is 0.321 e. The van der Waals surface area contributed by atoms with Crippen LogP contribution in [0.25, 0.3) is 0 Å². The van der Waals surface area contributed by atoms with E-state index in [9.17, 15) is 8.42 Å². The maximum absolute atomic E-state index is 11.5. The van der Waals surface area contributed by atoms with Crippen LogP contribution in [0, 0.1) is 5.41 Å². The molecule has 1 aliphatic carbocycles. The second kappa shape index (κ2) is 3.08. The third-order valence-electron chi connectivity index (χ3n) is 3.58. The summed E-state index contributed by atoms with van der Waals surface area (Å²) in [5.74, 6) is 0. The fourth-order valence-electron chi connectivity index (χ4n) is 2.15. The lowest BCUT2D eigenvalue weighted by atomic mass is 9.97. The highest BCUT2D eigenvalue weighted by Gasteiger charge is 2.59. The molecule has 2 N–H and O–H groups in total. The number of benzene rings is 1. The minimum absolute atomic E-state index is 0.0587. The predicted molar refractivity (Wildman–Crippen MR) is 63.8 cm³/mol. The quantitative estimate of drug-likeness (QED) is 0.854. The molecular weight excluding hydrogens is 222 g/mol. The minimum atomic E-state index is -3.15. The summed E-state index contributed by atoms with van der Waals surface area (Å²) in [7, 11) is -3.15. The fraction of sp³-hybridized carbons (Fsp3) is 0.500. The summed E-state index contributed by atoms with van der Waals surface area (Å²) in [6, 6.07) is 6.97. The minimum Gasteiger partial charge on any atom is -0.321 e. The van der Waals surface area contributed by atoms with Crippen molar-refractivity contribution in [2.45, 2.75) is 30.7 Å². The number of hydrogen-bond acceptors (Lipinski definition) is 3. The van der Waals surface area contributed by atoms with Gasteiger partial charge in [0.25, 0.3) is 0 Å². The maximum atomic E-state index is 11.5. The van der Waals surface area contributed by atoms with Gasteiger partial charge >= 0.3 is 0 Å². The summed E-state index contributed by atoms with van der Waals surface area (Å²) in [4.78, 5) is 0.345. The van der Waals surface area contributed by atoms with Gasteiger partial charge in [0.05, 0.1) is 4.90 Å². The maximum Gasteiger partial charge on any atom is 0.175 e. The number of nitrogens with two attached hydrogens (primary N) is 1. The van der Waals surface area contributed by atoms with E-state index in [1.165, 1.54) is 6.26 Å². The SMILES string of the molecule is CC1(C)CC1(N)c1cccc(S(C)(=O)=O)c1. The van der Waals surface area contributed by atoms with Gasteiger partial charge in [0, 0.05) is 11.8 Å². The van der Waals surface area contributed by atoms with Crippen molar-refractivity contribution in [3.63, 3.8) is 0 Å². The molecule has 0 amide bonds. The molecule has 0 saturated heterocycles. The second-order valence-electron chi connectivity index (χ2n) is 5.33. The molecule has 3 nitrogen and oxygen atoms in total. The molecule has 0 heterocycles. The highest BCUT2D eigenvalue weighted by atomic mass is 32.2. The first-order valence-corrected chi connectivity index (χ1v) is 7.15. The van der Waals surface area contributed by atoms with E-state index >= 15 is 0 Å². The van der Waals surface area contributed by atoms with E-state index in [-0.39, 0.29) is 11.0 Å². The van der Waals surface area contributed by atoms with Crippen LogP contribution in [-0.2, 0) is 15.4 Å². The Kier molecular flexibility index (Phi) is 2.23. The van der Waals surface area contributed by atoms with Crippen molar-refractivity contribution in [1.29, 1.82) is 0 Å². The van der Waals surface area contributed by atoms with Crippen LogP contribution in [0.4, 0.5) is 0 Å². The molecule has 1 aromatic rings. The molecule has 2 rings (SSSR count). The van der Waals surface area contributed by atoms with Crippen LogP contribution in [-0.4, -0.2) is 14.7 Å². The predicted octanol–water partition coefficient (Wildman–Crippen LogP) is 1.67. The Morgan fingerprint density at radius 1 is 1.31 bits per heavy atom. The third-order valence-corrected chi connectivity index (χ3v) is 4.69. The van der Waals surface area contributed by atoms with Crippen molar-refractivity contribution in [3.05, 3.63) is 29.8 Å². The van der Waals surface area contributed by atoms with E-state index in [2.05, 4.69) is 13.8 Å². The van der Waals surface area contributed by atoms with Gasteiger partial charge in [-0.15, -0.1) is 0 Å². The van der Waals surface area contributed by atoms with Crippen LogP contribution in [0.1, 0.15) is 25.8 Å². The van der Waals surface area contributed by atoms with E-state index in [0.717, 1.165) is 12.0 Å². The normalized spacial score (nSPS) is 27.8. The van der Waals surface area contributed by atoms with Gasteiger partial charge in [0.1, 0.15) is 0 Å². The van der Waals surface area contributed by atoms with Crippen LogP contribution in [0.5, 0.6) is 0 Å². The molecule has 0 radical (unpaired) electrons. The van der Waals surface area contributed by atoms with Gasteiger partial charge in [0.2, 0.25) is 0 Å². The molecule has 4 heteroatoms. The molecule has 1 saturated carbocycles. The zero-order chi connectivity index (χ0) is 12.2. The average Bonchev–Trinajstić information content (AvgIpc) is 2.66. The summed E-state index contributed by atoms with van der Waals surface area (Å²) in [5.41, 5.74) is 6.87. The molecule has 1 aromatic carbocycles. The fourth-order valence-corrected chi connectivity index (χ4v) is 2.82. The van der Waals surface area contributed by atoms with Crippen molar-refractivity contribution < 1.29 is 8.42 Å². The molecule has 1 atom stereocenters. The molecule has 0 spiro atoms. The average molecular weight is 239 g/mol. The van der Waals surface area contributed by atoms with Crippen molar-refractivity contribution in [2.24, 2.45) is 11.1 Å². The Morgan fingerprint density at radius 3 is 2.31 bits per heavy atom. The molecular formula is C12H17NO2S. The lowest BCUT2D eigenvalue weighted by Crippen LogP contribution is -2.25. The highest BCUT2D eigenvalue weighted by molar-refractivity contribution is 7.90. The smallest absolute Gasteiger partial charge is 0.175 e. The first-order chi connectivity index (χ1) is 7.17. The van der Waals surface area contributed by atoms with Gasteiger partial charge in [-0.2, -0.15) is 0 Å². The topological polar surface area (TPSA) is 60.2 Å². The summed E-state index contributed by atoms with van der Waals surface area (Å²) in [6.07, 6.45) is 2.11. The number of sulfone groups is 1. The Labute approximate surface area is 96.6 Å². The summed E-state index contributed by atoms with van der Waals surface area (Å²) in [5, 5.41) is 0. The first kappa shape index (κ1) is 11.6. The van der Waals surface area contributed by atoms with E-state index in [1.807, 2.05) is 6.07 Å². The van der Waals surface area contributed by atoms with E-state index in [4.69, 9.17) is 5.73 Å². The lowest BCUT2D eigenvalue weighted by molar-refractivity contribution is 0.509. The van der Waals surface area contributed by atoms with Crippen LogP contribution < -0.4 is 5.73 Å². The van der Waals surface area contributed by atoms with Crippen molar-refractivity contribution in [1.82, 2.24) is 0 Å². The van der Waals surface area contributed by atoms with Crippen LogP contribution in [0.15, 0.2) is 29.2 Å². The molecule has 1 fully saturated rings. The van der Waals surface area contributed by atoms with Gasteiger partial charge in [-0.1, -0.05) is 26.0 Å². The van der Waals surface area contributed by atoms with Crippen molar-refractivity contribution in [3.8, 4) is 0 Å². The van der Waals surface area contributed by atoms with E-state index in [0.29, 0.717) is 4.90 Å². The molecule has 0 aliphatic heterocycles. The Bertz CT molecular complexity index is 534. The number of rotatable bonds is 2. The van der Waals surface area contributed by atoms with Crippen molar-refractivity contribution in [2.75, 3.05) is 6.26 Å². The van der Waals surface area contributed by atoms with Crippen LogP contribution in [0.2, 0.25) is 0 Å². The summed E-state index contributed by atoms with van der Waals surface area (Å²) in [6.45, 7) is 4.19. The molecule has 16 heavy (non-hydrogen) atoms. The molecule has 1 aliphatic rings. The van der Waals surface area contributed by atoms with Crippen molar-refractivity contribution >= 4 is 9.84 Å². The Morgan fingerprint density at radius 2 is 1.88 bits per heavy atom. The van der Waals surface area contributed by atoms with Gasteiger partial charge < -0.3 is 5.73 Å². The zero-order valence-corrected chi connectivity index (χ0v) is 10.6. The molecule has 1 unspecified atom stereocenters. The second-order valence-corrected chi connectivity index (χ2v) is 7.35. The monoisotopic (exact) mass is 239 g/mol. The van der Waals surface area contributed by atoms with E-state index < -0.39 is 9.84 Å². The summed E-state index contributed by atoms with van der Waals surface area (Å²) >= 11 is 0. The van der Waals surface area contributed by atoms with Crippen LogP contribution in [0.3, 0.4) is 0 Å². The van der Waals surface area contributed by atoms with Gasteiger partial charge in [0.15, 0.2) is 9.84 Å². The molecule has 88 valence electrons. The zero-order valence-electron chi connectivity index (χ0n) is 9.82. The van der Waals surface area contributed by atoms with Gasteiger partial charge in [-0.25, -0.2) is 8.42 Å². The van der Waals surface area contributed by atoms with Crippen LogP contribution >= 0.6 is 0 Å². The third kappa shape index (κ3) is 1.66. The Hall–Kier alpha value is -0.870. The molecule has 0 aromatic heterocycles.